The molecule has 1 aliphatic rings. The van der Waals surface area contributed by atoms with Crippen LogP contribution in [0.2, 0.25) is 0 Å². The average Bonchev–Trinajstić information content (AvgIpc) is 3.23. The van der Waals surface area contributed by atoms with Crippen LogP contribution in [0.3, 0.4) is 0 Å². The third-order valence-corrected chi connectivity index (χ3v) is 5.76. The summed E-state index contributed by atoms with van der Waals surface area (Å²) < 4.78 is 13.1. The second kappa shape index (κ2) is 9.49. The van der Waals surface area contributed by atoms with E-state index in [1.165, 1.54) is 28.5 Å². The number of anilines is 1. The number of carbonyl (C=O) groups excluding carboxylic acids is 2. The second-order valence-electron chi connectivity index (χ2n) is 7.20. The number of aromatic nitrogens is 1. The highest BCUT2D eigenvalue weighted by Gasteiger charge is 2.25. The number of carbonyl (C=O) groups is 2. The minimum Gasteiger partial charge on any atom is -0.297 e. The third-order valence-electron chi connectivity index (χ3n) is 4.85. The summed E-state index contributed by atoms with van der Waals surface area (Å²) in [7, 11) is 0. The molecule has 4 rings (SSSR count). The molecule has 0 saturated carbocycles. The van der Waals surface area contributed by atoms with Crippen molar-refractivity contribution < 1.29 is 14.0 Å². The van der Waals surface area contributed by atoms with Gasteiger partial charge in [-0.3, -0.25) is 14.9 Å². The van der Waals surface area contributed by atoms with E-state index in [0.717, 1.165) is 16.0 Å². The first kappa shape index (κ1) is 21.3. The summed E-state index contributed by atoms with van der Waals surface area (Å²) in [5.41, 5.74) is 2.61. The van der Waals surface area contributed by atoms with Crippen LogP contribution in [-0.2, 0) is 22.6 Å². The Hall–Kier alpha value is -3.90. The Morgan fingerprint density at radius 1 is 1.12 bits per heavy atom. The van der Waals surface area contributed by atoms with Gasteiger partial charge in [0, 0.05) is 30.3 Å². The Morgan fingerprint density at radius 3 is 2.56 bits per heavy atom. The fraction of sp³-hybridized carbons (Fsp3) is 0.174. The molecule has 2 aromatic carbocycles. The lowest BCUT2D eigenvalue weighted by molar-refractivity contribution is -0.132. The minimum atomic E-state index is -0.402. The number of thiazole rings is 1. The molecule has 32 heavy (non-hydrogen) atoms. The number of nitrogens with zero attached hydrogens (tertiary/aromatic N) is 4. The molecule has 0 unspecified atom stereocenters. The molecule has 0 aliphatic carbocycles. The van der Waals surface area contributed by atoms with Gasteiger partial charge < -0.3 is 0 Å². The molecule has 0 fully saturated rings. The maximum absolute atomic E-state index is 13.1. The van der Waals surface area contributed by atoms with Crippen LogP contribution in [0.5, 0.6) is 0 Å². The number of nitriles is 1. The Balaban J connectivity index is 1.40. The number of hydrogen-bond donors (Lipinski definition) is 1. The molecular formula is C23H18FN5O2S. The molecule has 1 N–H and O–H groups in total. The van der Waals surface area contributed by atoms with Gasteiger partial charge in [0.1, 0.15) is 11.5 Å². The van der Waals surface area contributed by atoms with Crippen molar-refractivity contribution in [1.29, 1.82) is 5.26 Å². The molecule has 9 heteroatoms. The Labute approximate surface area is 187 Å². The summed E-state index contributed by atoms with van der Waals surface area (Å²) >= 11 is 1.36. The van der Waals surface area contributed by atoms with Gasteiger partial charge >= 0.3 is 0 Å². The van der Waals surface area contributed by atoms with E-state index >= 15 is 0 Å². The van der Waals surface area contributed by atoms with Gasteiger partial charge in [0.25, 0.3) is 5.91 Å². The van der Waals surface area contributed by atoms with E-state index in [9.17, 15) is 14.0 Å². The summed E-state index contributed by atoms with van der Waals surface area (Å²) in [6.07, 6.45) is 2.76. The maximum Gasteiger partial charge on any atom is 0.273 e. The number of rotatable bonds is 6. The zero-order valence-electron chi connectivity index (χ0n) is 16.9. The zero-order valence-corrected chi connectivity index (χ0v) is 17.7. The number of hydrazone groups is 1. The predicted molar refractivity (Wildman–Crippen MR) is 118 cm³/mol. The summed E-state index contributed by atoms with van der Waals surface area (Å²) in [5, 5.41) is 17.5. The number of benzene rings is 2. The van der Waals surface area contributed by atoms with Crippen molar-refractivity contribution in [2.75, 3.05) is 5.32 Å². The van der Waals surface area contributed by atoms with Crippen LogP contribution in [0.25, 0.3) is 0 Å². The van der Waals surface area contributed by atoms with Gasteiger partial charge in [-0.2, -0.15) is 10.4 Å². The maximum atomic E-state index is 13.1. The highest BCUT2D eigenvalue weighted by atomic mass is 32.1. The van der Waals surface area contributed by atoms with Crippen molar-refractivity contribution >= 4 is 34.0 Å². The average molecular weight is 447 g/mol. The summed E-state index contributed by atoms with van der Waals surface area (Å²) in [6.45, 7) is 0.169. The van der Waals surface area contributed by atoms with Crippen LogP contribution in [0.1, 0.15) is 34.4 Å². The predicted octanol–water partition coefficient (Wildman–Crippen LogP) is 3.86. The first-order valence-electron chi connectivity index (χ1n) is 9.87. The standard InChI is InChI=1S/C23H18FN5O2S/c24-18-7-5-17(6-8-18)14-29-21(30)10-9-20(28-29)22(31)27-23-26-13-19(32-23)11-15-1-3-16(12-25)4-2-15/h1-8,13H,9-11,14H2,(H,26,27,31). The molecule has 2 amide bonds. The topological polar surface area (TPSA) is 98.4 Å². The van der Waals surface area contributed by atoms with E-state index < -0.39 is 5.91 Å². The van der Waals surface area contributed by atoms with E-state index in [0.29, 0.717) is 17.1 Å². The molecular weight excluding hydrogens is 429 g/mol. The van der Waals surface area contributed by atoms with E-state index in [2.05, 4.69) is 21.5 Å². The first-order chi connectivity index (χ1) is 15.5. The van der Waals surface area contributed by atoms with Gasteiger partial charge in [-0.25, -0.2) is 14.4 Å². The molecule has 0 radical (unpaired) electrons. The Bertz CT molecular complexity index is 1210. The molecule has 0 saturated heterocycles. The van der Waals surface area contributed by atoms with E-state index in [1.807, 2.05) is 12.1 Å². The van der Waals surface area contributed by atoms with Gasteiger partial charge in [0.2, 0.25) is 5.91 Å². The van der Waals surface area contributed by atoms with Crippen molar-refractivity contribution in [3.05, 3.63) is 82.1 Å². The molecule has 2 heterocycles. The molecule has 7 nitrogen and oxygen atoms in total. The molecule has 0 bridgehead atoms. The number of hydrogen-bond acceptors (Lipinski definition) is 6. The van der Waals surface area contributed by atoms with Gasteiger partial charge in [-0.15, -0.1) is 11.3 Å². The van der Waals surface area contributed by atoms with Crippen LogP contribution in [0.15, 0.2) is 59.8 Å². The zero-order chi connectivity index (χ0) is 22.5. The molecule has 1 aromatic heterocycles. The van der Waals surface area contributed by atoms with Crippen LogP contribution < -0.4 is 5.32 Å². The van der Waals surface area contributed by atoms with Crippen LogP contribution >= 0.6 is 11.3 Å². The summed E-state index contributed by atoms with van der Waals surface area (Å²) in [4.78, 5) is 30.1. The van der Waals surface area contributed by atoms with Crippen molar-refractivity contribution in [2.45, 2.75) is 25.8 Å². The minimum absolute atomic E-state index is 0.169. The highest BCUT2D eigenvalue weighted by molar-refractivity contribution is 7.15. The molecule has 0 atom stereocenters. The van der Waals surface area contributed by atoms with Gasteiger partial charge in [0.05, 0.1) is 18.2 Å². The number of nitrogens with one attached hydrogen (secondary N) is 1. The van der Waals surface area contributed by atoms with E-state index in [4.69, 9.17) is 5.26 Å². The number of amides is 2. The smallest absolute Gasteiger partial charge is 0.273 e. The van der Waals surface area contributed by atoms with E-state index in [1.54, 1.807) is 30.5 Å². The van der Waals surface area contributed by atoms with Gasteiger partial charge in [0.15, 0.2) is 5.13 Å². The Kier molecular flexibility index (Phi) is 6.33. The van der Waals surface area contributed by atoms with Crippen molar-refractivity contribution in [1.82, 2.24) is 9.99 Å². The second-order valence-corrected chi connectivity index (χ2v) is 8.31. The van der Waals surface area contributed by atoms with Crippen molar-refractivity contribution in [3.8, 4) is 6.07 Å². The van der Waals surface area contributed by atoms with Crippen LogP contribution in [-0.4, -0.2) is 27.5 Å². The lowest BCUT2D eigenvalue weighted by atomic mass is 10.1. The van der Waals surface area contributed by atoms with Crippen LogP contribution in [0, 0.1) is 17.1 Å². The highest BCUT2D eigenvalue weighted by Crippen LogP contribution is 2.22. The molecule has 3 aromatic rings. The largest absolute Gasteiger partial charge is 0.297 e. The quantitative estimate of drug-likeness (QED) is 0.620. The Morgan fingerprint density at radius 2 is 1.84 bits per heavy atom. The number of halogens is 1. The summed E-state index contributed by atoms with van der Waals surface area (Å²) in [6, 6.07) is 15.2. The monoisotopic (exact) mass is 447 g/mol. The molecule has 0 spiro atoms. The molecule has 1 aliphatic heterocycles. The SMILES string of the molecule is N#Cc1ccc(Cc2cnc(NC(=O)C3=NN(Cc4ccc(F)cc4)C(=O)CC3)s2)cc1. The van der Waals surface area contributed by atoms with Gasteiger partial charge in [-0.05, 0) is 35.4 Å². The van der Waals surface area contributed by atoms with E-state index in [-0.39, 0.29) is 36.8 Å². The fourth-order valence-corrected chi connectivity index (χ4v) is 4.01. The van der Waals surface area contributed by atoms with Crippen LogP contribution in [0.4, 0.5) is 9.52 Å². The lowest BCUT2D eigenvalue weighted by Gasteiger charge is -2.23. The third kappa shape index (κ3) is 5.22. The normalized spacial score (nSPS) is 13.4. The lowest BCUT2D eigenvalue weighted by Crippen LogP contribution is -2.36. The fourth-order valence-electron chi connectivity index (χ4n) is 3.17. The summed E-state index contributed by atoms with van der Waals surface area (Å²) in [5.74, 6) is -0.949. The van der Waals surface area contributed by atoms with Crippen molar-refractivity contribution in [2.24, 2.45) is 5.10 Å². The van der Waals surface area contributed by atoms with Gasteiger partial charge in [-0.1, -0.05) is 24.3 Å². The molecule has 160 valence electrons. The van der Waals surface area contributed by atoms with Crippen molar-refractivity contribution in [3.63, 3.8) is 0 Å². The first-order valence-corrected chi connectivity index (χ1v) is 10.7.